The highest BCUT2D eigenvalue weighted by Crippen LogP contribution is 2.31. The van der Waals surface area contributed by atoms with Gasteiger partial charge in [-0.2, -0.15) is 0 Å². The number of para-hydroxylation sites is 1. The standard InChI is InChI=1S/C21H17N3O4S/c25-19(15-11-13-3-1-2-4-17(13)28-20(15)26)22-14-5-6-16-18(12-14)29-21(23-16)24-7-9-27-10-8-24/h1-6,11-12H,7-10H2,(H,22,25). The Balaban J connectivity index is 1.41. The van der Waals surface area contributed by atoms with Crippen LogP contribution in [-0.4, -0.2) is 37.2 Å². The number of ether oxygens (including phenoxy) is 1. The van der Waals surface area contributed by atoms with Gasteiger partial charge in [0.05, 0.1) is 23.4 Å². The Morgan fingerprint density at radius 3 is 2.79 bits per heavy atom. The summed E-state index contributed by atoms with van der Waals surface area (Å²) in [6.45, 7) is 3.04. The molecule has 0 saturated carbocycles. The number of fused-ring (bicyclic) bond motifs is 2. The number of nitrogens with one attached hydrogen (secondary N) is 1. The van der Waals surface area contributed by atoms with Crippen molar-refractivity contribution in [2.24, 2.45) is 0 Å². The topological polar surface area (TPSA) is 84.7 Å². The fourth-order valence-electron chi connectivity index (χ4n) is 3.30. The summed E-state index contributed by atoms with van der Waals surface area (Å²) in [5.74, 6) is -0.498. The van der Waals surface area contributed by atoms with Crippen molar-refractivity contribution < 1.29 is 13.9 Å². The van der Waals surface area contributed by atoms with E-state index in [4.69, 9.17) is 9.15 Å². The highest BCUT2D eigenvalue weighted by Gasteiger charge is 2.17. The molecule has 7 nitrogen and oxygen atoms in total. The molecule has 1 aliphatic rings. The molecule has 0 radical (unpaired) electrons. The number of amides is 1. The third kappa shape index (κ3) is 3.48. The largest absolute Gasteiger partial charge is 0.422 e. The number of morpholine rings is 1. The van der Waals surface area contributed by atoms with Gasteiger partial charge in [-0.05, 0) is 30.3 Å². The number of aromatic nitrogens is 1. The average Bonchev–Trinajstić information content (AvgIpc) is 3.17. The molecule has 1 fully saturated rings. The Kier molecular flexibility index (Phi) is 4.49. The Hall–Kier alpha value is -3.23. The maximum absolute atomic E-state index is 12.7. The molecule has 0 unspecified atom stereocenters. The molecule has 2 aromatic heterocycles. The van der Waals surface area contributed by atoms with E-state index in [1.54, 1.807) is 41.7 Å². The quantitative estimate of drug-likeness (QED) is 0.524. The number of nitrogens with zero attached hydrogens (tertiary/aromatic N) is 2. The monoisotopic (exact) mass is 407 g/mol. The molecular weight excluding hydrogens is 390 g/mol. The van der Waals surface area contributed by atoms with Crippen molar-refractivity contribution in [1.29, 1.82) is 0 Å². The number of hydrogen-bond acceptors (Lipinski definition) is 7. The van der Waals surface area contributed by atoms with Gasteiger partial charge in [-0.25, -0.2) is 9.78 Å². The van der Waals surface area contributed by atoms with Crippen molar-refractivity contribution >= 4 is 49.2 Å². The first kappa shape index (κ1) is 17.8. The van der Waals surface area contributed by atoms with E-state index >= 15 is 0 Å². The van der Waals surface area contributed by atoms with E-state index in [0.29, 0.717) is 29.9 Å². The summed E-state index contributed by atoms with van der Waals surface area (Å²) in [6.07, 6.45) is 0. The van der Waals surface area contributed by atoms with Crippen molar-refractivity contribution in [2.75, 3.05) is 36.5 Å². The van der Waals surface area contributed by atoms with Gasteiger partial charge >= 0.3 is 5.63 Å². The maximum Gasteiger partial charge on any atom is 0.349 e. The van der Waals surface area contributed by atoms with E-state index in [2.05, 4.69) is 15.2 Å². The Bertz CT molecular complexity index is 1270. The molecule has 8 heteroatoms. The molecule has 0 bridgehead atoms. The van der Waals surface area contributed by atoms with Gasteiger partial charge < -0.3 is 19.4 Å². The molecule has 1 amide bonds. The fraction of sp³-hybridized carbons (Fsp3) is 0.190. The summed E-state index contributed by atoms with van der Waals surface area (Å²) in [5, 5.41) is 4.44. The number of benzene rings is 2. The molecule has 146 valence electrons. The summed E-state index contributed by atoms with van der Waals surface area (Å²) in [6, 6.07) is 14.2. The molecular formula is C21H17N3O4S. The number of thiazole rings is 1. The van der Waals surface area contributed by atoms with Gasteiger partial charge in [-0.3, -0.25) is 4.79 Å². The first-order valence-corrected chi connectivity index (χ1v) is 10.1. The third-order valence-electron chi connectivity index (χ3n) is 4.80. The number of carbonyl (C=O) groups excluding carboxylic acids is 1. The summed E-state index contributed by atoms with van der Waals surface area (Å²) in [4.78, 5) is 31.7. The molecule has 0 atom stereocenters. The van der Waals surface area contributed by atoms with Gasteiger partial charge in [0.15, 0.2) is 5.13 Å². The van der Waals surface area contributed by atoms with Crippen LogP contribution in [-0.2, 0) is 4.74 Å². The zero-order chi connectivity index (χ0) is 19.8. The second kappa shape index (κ2) is 7.31. The van der Waals surface area contributed by atoms with Crippen molar-refractivity contribution in [2.45, 2.75) is 0 Å². The van der Waals surface area contributed by atoms with Crippen LogP contribution in [0.1, 0.15) is 10.4 Å². The fourth-order valence-corrected chi connectivity index (χ4v) is 4.36. The molecule has 0 spiro atoms. The zero-order valence-corrected chi connectivity index (χ0v) is 16.2. The van der Waals surface area contributed by atoms with Crippen LogP contribution in [0, 0.1) is 0 Å². The lowest BCUT2D eigenvalue weighted by Crippen LogP contribution is -2.36. The first-order valence-electron chi connectivity index (χ1n) is 9.25. The molecule has 29 heavy (non-hydrogen) atoms. The minimum atomic E-state index is -0.658. The first-order chi connectivity index (χ1) is 14.2. The van der Waals surface area contributed by atoms with Gasteiger partial charge in [0.25, 0.3) is 5.91 Å². The van der Waals surface area contributed by atoms with E-state index in [0.717, 1.165) is 28.4 Å². The normalized spacial score (nSPS) is 14.4. The van der Waals surface area contributed by atoms with Crippen molar-refractivity contribution in [3.63, 3.8) is 0 Å². The number of hydrogen-bond donors (Lipinski definition) is 1. The lowest BCUT2D eigenvalue weighted by molar-refractivity contribution is 0.102. The van der Waals surface area contributed by atoms with Crippen LogP contribution < -0.4 is 15.8 Å². The van der Waals surface area contributed by atoms with E-state index < -0.39 is 11.5 Å². The Morgan fingerprint density at radius 1 is 1.10 bits per heavy atom. The average molecular weight is 407 g/mol. The Labute approximate surface area is 169 Å². The van der Waals surface area contributed by atoms with Gasteiger partial charge in [-0.15, -0.1) is 0 Å². The van der Waals surface area contributed by atoms with Crippen molar-refractivity contribution in [3.05, 3.63) is 64.5 Å². The van der Waals surface area contributed by atoms with Gasteiger partial charge in [0.2, 0.25) is 0 Å². The summed E-state index contributed by atoms with van der Waals surface area (Å²) in [5.41, 5.74) is 1.25. The smallest absolute Gasteiger partial charge is 0.349 e. The summed E-state index contributed by atoms with van der Waals surface area (Å²) >= 11 is 1.57. The second-order valence-electron chi connectivity index (χ2n) is 6.72. The molecule has 2 aromatic carbocycles. The van der Waals surface area contributed by atoms with E-state index in [1.807, 2.05) is 18.2 Å². The van der Waals surface area contributed by atoms with E-state index in [1.165, 1.54) is 0 Å². The molecule has 3 heterocycles. The summed E-state index contributed by atoms with van der Waals surface area (Å²) in [7, 11) is 0. The minimum absolute atomic E-state index is 0.0258. The van der Waals surface area contributed by atoms with Crippen LogP contribution in [0.2, 0.25) is 0 Å². The molecule has 4 aromatic rings. The van der Waals surface area contributed by atoms with Crippen LogP contribution in [0.3, 0.4) is 0 Å². The number of carbonyl (C=O) groups is 1. The molecule has 5 rings (SSSR count). The summed E-state index contributed by atoms with van der Waals surface area (Å²) < 4.78 is 11.6. The minimum Gasteiger partial charge on any atom is -0.422 e. The van der Waals surface area contributed by atoms with E-state index in [-0.39, 0.29) is 5.56 Å². The number of anilines is 2. The van der Waals surface area contributed by atoms with Gasteiger partial charge in [0, 0.05) is 24.2 Å². The highest BCUT2D eigenvalue weighted by molar-refractivity contribution is 7.22. The maximum atomic E-state index is 12.7. The van der Waals surface area contributed by atoms with Crippen LogP contribution in [0.25, 0.3) is 21.2 Å². The van der Waals surface area contributed by atoms with Crippen LogP contribution in [0.5, 0.6) is 0 Å². The molecule has 1 saturated heterocycles. The Morgan fingerprint density at radius 2 is 1.93 bits per heavy atom. The van der Waals surface area contributed by atoms with Gasteiger partial charge in [-0.1, -0.05) is 29.5 Å². The predicted molar refractivity (Wildman–Crippen MR) is 113 cm³/mol. The van der Waals surface area contributed by atoms with Crippen LogP contribution in [0.15, 0.2) is 57.7 Å². The lowest BCUT2D eigenvalue weighted by Gasteiger charge is -2.25. The van der Waals surface area contributed by atoms with E-state index in [9.17, 15) is 9.59 Å². The second-order valence-corrected chi connectivity index (χ2v) is 7.73. The third-order valence-corrected chi connectivity index (χ3v) is 5.88. The van der Waals surface area contributed by atoms with Crippen LogP contribution >= 0.6 is 11.3 Å². The van der Waals surface area contributed by atoms with Crippen molar-refractivity contribution in [1.82, 2.24) is 4.98 Å². The number of rotatable bonds is 3. The molecule has 1 N–H and O–H groups in total. The van der Waals surface area contributed by atoms with Gasteiger partial charge in [0.1, 0.15) is 11.1 Å². The molecule has 1 aliphatic heterocycles. The highest BCUT2D eigenvalue weighted by atomic mass is 32.1. The predicted octanol–water partition coefficient (Wildman–Crippen LogP) is 3.49. The lowest BCUT2D eigenvalue weighted by atomic mass is 10.1. The van der Waals surface area contributed by atoms with Crippen molar-refractivity contribution in [3.8, 4) is 0 Å². The molecule has 0 aliphatic carbocycles. The zero-order valence-electron chi connectivity index (χ0n) is 15.4. The van der Waals surface area contributed by atoms with Crippen LogP contribution in [0.4, 0.5) is 10.8 Å². The SMILES string of the molecule is O=C(Nc1ccc2nc(N3CCOCC3)sc2c1)c1cc2ccccc2oc1=O.